The maximum atomic E-state index is 6.22. The summed E-state index contributed by atoms with van der Waals surface area (Å²) in [4.78, 5) is 15.3. The van der Waals surface area contributed by atoms with Crippen molar-refractivity contribution in [3.05, 3.63) is 133 Å². The Morgan fingerprint density at radius 1 is 0.600 bits per heavy atom. The summed E-state index contributed by atoms with van der Waals surface area (Å²) in [5, 5.41) is 4.32. The Labute approximate surface area is 258 Å². The first-order chi connectivity index (χ1) is 22.1. The van der Waals surface area contributed by atoms with Crippen LogP contribution in [0.25, 0.3) is 83.1 Å². The molecule has 0 aliphatic heterocycles. The van der Waals surface area contributed by atoms with E-state index in [0.717, 1.165) is 55.3 Å². The van der Waals surface area contributed by atoms with E-state index >= 15 is 0 Å². The van der Waals surface area contributed by atoms with Crippen LogP contribution in [-0.2, 0) is 5.41 Å². The predicted octanol–water partition coefficient (Wildman–Crippen LogP) is 9.99. The Morgan fingerprint density at radius 2 is 1.38 bits per heavy atom. The van der Waals surface area contributed by atoms with Crippen LogP contribution < -0.4 is 0 Å². The van der Waals surface area contributed by atoms with Crippen molar-refractivity contribution < 1.29 is 4.42 Å². The van der Waals surface area contributed by atoms with E-state index in [4.69, 9.17) is 19.4 Å². The van der Waals surface area contributed by atoms with Gasteiger partial charge in [-0.25, -0.2) is 9.97 Å². The number of hydrogen-bond donors (Lipinski definition) is 0. The second-order valence-corrected chi connectivity index (χ2v) is 12.5. The number of rotatable bonds is 2. The van der Waals surface area contributed by atoms with Gasteiger partial charge < -0.3 is 4.42 Å². The molecule has 5 aromatic carbocycles. The third-order valence-electron chi connectivity index (χ3n) is 9.68. The largest absolute Gasteiger partial charge is 0.454 e. The number of nitrogens with zero attached hydrogens (tertiary/aromatic N) is 4. The van der Waals surface area contributed by atoms with Gasteiger partial charge in [0, 0.05) is 33.3 Å². The van der Waals surface area contributed by atoms with E-state index in [1.807, 2.05) is 42.6 Å². The van der Waals surface area contributed by atoms with Crippen LogP contribution >= 0.6 is 0 Å². The average Bonchev–Trinajstić information content (AvgIpc) is 3.69. The van der Waals surface area contributed by atoms with Crippen molar-refractivity contribution in [1.29, 1.82) is 0 Å². The van der Waals surface area contributed by atoms with Crippen LogP contribution in [0, 0.1) is 0 Å². The SMILES string of the molecule is CC1(C)c2ccccc2-c2cc3c4ccccc4n(-c4nc(-c5cccc6oc7cccnc7c56)c5ccccc5n4)c3cc21. The summed E-state index contributed by atoms with van der Waals surface area (Å²) in [7, 11) is 0. The van der Waals surface area contributed by atoms with Crippen LogP contribution in [0.1, 0.15) is 25.0 Å². The Kier molecular flexibility index (Phi) is 4.73. The molecule has 0 radical (unpaired) electrons. The van der Waals surface area contributed by atoms with Gasteiger partial charge in [-0.1, -0.05) is 86.6 Å². The summed E-state index contributed by atoms with van der Waals surface area (Å²) in [5.74, 6) is 0.640. The summed E-state index contributed by atoms with van der Waals surface area (Å²) >= 11 is 0. The van der Waals surface area contributed by atoms with Gasteiger partial charge in [-0.15, -0.1) is 0 Å². The number of fused-ring (bicyclic) bond motifs is 10. The Morgan fingerprint density at radius 3 is 2.31 bits per heavy atom. The van der Waals surface area contributed by atoms with Gasteiger partial charge in [0.2, 0.25) is 5.95 Å². The quantitative estimate of drug-likeness (QED) is 0.205. The molecule has 1 aliphatic carbocycles. The van der Waals surface area contributed by atoms with Crippen LogP contribution in [0.2, 0.25) is 0 Å². The minimum absolute atomic E-state index is 0.123. The van der Waals surface area contributed by atoms with E-state index in [9.17, 15) is 0 Å². The maximum absolute atomic E-state index is 6.22. The van der Waals surface area contributed by atoms with Crippen molar-refractivity contribution >= 4 is 54.8 Å². The summed E-state index contributed by atoms with van der Waals surface area (Å²) in [6, 6.07) is 40.4. The van der Waals surface area contributed by atoms with Gasteiger partial charge >= 0.3 is 0 Å². The van der Waals surface area contributed by atoms with E-state index in [-0.39, 0.29) is 5.41 Å². The maximum Gasteiger partial charge on any atom is 0.235 e. The lowest BCUT2D eigenvalue weighted by Gasteiger charge is -2.21. The highest BCUT2D eigenvalue weighted by Crippen LogP contribution is 2.51. The topological polar surface area (TPSA) is 56.7 Å². The van der Waals surface area contributed by atoms with Gasteiger partial charge in [0.1, 0.15) is 11.1 Å². The Balaban J connectivity index is 1.32. The lowest BCUT2D eigenvalue weighted by Crippen LogP contribution is -2.15. The zero-order valence-electron chi connectivity index (χ0n) is 24.7. The third kappa shape index (κ3) is 3.24. The molecule has 5 heteroatoms. The third-order valence-corrected chi connectivity index (χ3v) is 9.68. The lowest BCUT2D eigenvalue weighted by atomic mass is 9.82. The van der Waals surface area contributed by atoms with Crippen molar-refractivity contribution in [2.45, 2.75) is 19.3 Å². The molecule has 0 amide bonds. The summed E-state index contributed by atoms with van der Waals surface area (Å²) in [5.41, 5.74) is 12.5. The van der Waals surface area contributed by atoms with Crippen LogP contribution in [0.5, 0.6) is 0 Å². The zero-order valence-corrected chi connectivity index (χ0v) is 24.7. The van der Waals surface area contributed by atoms with Crippen molar-refractivity contribution in [2.24, 2.45) is 0 Å². The molecule has 0 fully saturated rings. The molecule has 0 saturated carbocycles. The van der Waals surface area contributed by atoms with Crippen LogP contribution in [0.15, 0.2) is 126 Å². The van der Waals surface area contributed by atoms with Crippen LogP contribution in [0.3, 0.4) is 0 Å². The number of benzene rings is 5. The molecule has 0 N–H and O–H groups in total. The summed E-state index contributed by atoms with van der Waals surface area (Å²) in [6.45, 7) is 4.65. The fraction of sp³-hybridized carbons (Fsp3) is 0.0750. The first-order valence-electron chi connectivity index (χ1n) is 15.3. The molecule has 0 bridgehead atoms. The Bertz CT molecular complexity index is 2690. The number of pyridine rings is 1. The molecule has 9 aromatic rings. The molecule has 0 unspecified atom stereocenters. The number of furan rings is 1. The highest BCUT2D eigenvalue weighted by atomic mass is 16.3. The molecule has 45 heavy (non-hydrogen) atoms. The minimum atomic E-state index is -0.123. The normalized spacial score (nSPS) is 13.7. The van der Waals surface area contributed by atoms with Gasteiger partial charge in [-0.2, -0.15) is 0 Å². The van der Waals surface area contributed by atoms with Gasteiger partial charge in [0.25, 0.3) is 0 Å². The fourth-order valence-electron chi connectivity index (χ4n) is 7.59. The first-order valence-corrected chi connectivity index (χ1v) is 15.3. The molecule has 1 aliphatic rings. The van der Waals surface area contributed by atoms with Crippen molar-refractivity contribution in [2.75, 3.05) is 0 Å². The molecule has 5 nitrogen and oxygen atoms in total. The molecular formula is C40H26N4O. The highest BCUT2D eigenvalue weighted by Gasteiger charge is 2.36. The predicted molar refractivity (Wildman–Crippen MR) is 182 cm³/mol. The Hall–Kier alpha value is -5.81. The van der Waals surface area contributed by atoms with Gasteiger partial charge in [-0.05, 0) is 64.7 Å². The van der Waals surface area contributed by atoms with E-state index < -0.39 is 0 Å². The molecule has 212 valence electrons. The molecule has 10 rings (SSSR count). The standard InChI is InChI=1S/C40H26N4O/c1-40(2)29-15-6-3-11-23(29)27-21-28-24-12-5-8-17-32(24)44(33(28)22-30(27)40)39-42-31-16-7-4-13-25(31)37(43-39)26-14-9-18-34-36(26)38-35(45-34)19-10-20-41-38/h3-22H,1-2H3. The first kappa shape index (κ1) is 24.6. The number of para-hydroxylation sites is 2. The summed E-state index contributed by atoms with van der Waals surface area (Å²) < 4.78 is 8.46. The van der Waals surface area contributed by atoms with E-state index in [1.54, 1.807) is 0 Å². The number of aromatic nitrogens is 4. The summed E-state index contributed by atoms with van der Waals surface area (Å²) in [6.07, 6.45) is 1.81. The molecule has 0 atom stereocenters. The van der Waals surface area contributed by atoms with Crippen LogP contribution in [0.4, 0.5) is 0 Å². The van der Waals surface area contributed by atoms with Gasteiger partial charge in [0.05, 0.1) is 27.6 Å². The van der Waals surface area contributed by atoms with Crippen molar-refractivity contribution in [1.82, 2.24) is 19.5 Å². The lowest BCUT2D eigenvalue weighted by molar-refractivity contribution is 0.661. The van der Waals surface area contributed by atoms with E-state index in [2.05, 4.69) is 97.3 Å². The smallest absolute Gasteiger partial charge is 0.235 e. The molecule has 0 saturated heterocycles. The monoisotopic (exact) mass is 578 g/mol. The second kappa shape index (κ2) is 8.64. The van der Waals surface area contributed by atoms with Crippen LogP contribution in [-0.4, -0.2) is 19.5 Å². The van der Waals surface area contributed by atoms with Gasteiger partial charge in [0.15, 0.2) is 5.58 Å². The van der Waals surface area contributed by atoms with Gasteiger partial charge in [-0.3, -0.25) is 9.55 Å². The molecule has 0 spiro atoms. The fourth-order valence-corrected chi connectivity index (χ4v) is 7.59. The molecule has 4 heterocycles. The van der Waals surface area contributed by atoms with Crippen molar-refractivity contribution in [3.63, 3.8) is 0 Å². The van der Waals surface area contributed by atoms with E-state index in [0.29, 0.717) is 5.95 Å². The average molecular weight is 579 g/mol. The van der Waals surface area contributed by atoms with Crippen molar-refractivity contribution in [3.8, 4) is 28.3 Å². The van der Waals surface area contributed by atoms with E-state index in [1.165, 1.54) is 33.0 Å². The highest BCUT2D eigenvalue weighted by molar-refractivity contribution is 6.14. The minimum Gasteiger partial charge on any atom is -0.454 e. The second-order valence-electron chi connectivity index (χ2n) is 12.5. The molecule has 4 aromatic heterocycles. The number of hydrogen-bond acceptors (Lipinski definition) is 4. The molecular weight excluding hydrogens is 552 g/mol. The zero-order chi connectivity index (χ0) is 29.9.